The molecule has 2 aromatic carbocycles. The number of methoxy groups -OCH3 is 1. The Bertz CT molecular complexity index is 901. The molecule has 1 heterocycles. The lowest BCUT2D eigenvalue weighted by Crippen LogP contribution is -2.30. The van der Waals surface area contributed by atoms with Gasteiger partial charge in [0.25, 0.3) is 0 Å². The van der Waals surface area contributed by atoms with E-state index in [9.17, 15) is 4.79 Å². The Morgan fingerprint density at radius 1 is 1.19 bits per heavy atom. The standard InChI is InChI=1S/C23H24ClNO2/c1-13(2)14-7-9-15(10-8-14)21-17-6-4-5-16(17)20-18(23(26)27-3)11-12-19(24)22(20)25-21/h4-5,7-13,16-17,21,25H,6H2,1-3H3/t16-,17+,21+/m1/s1. The summed E-state index contributed by atoms with van der Waals surface area (Å²) in [6.07, 6.45) is 5.40. The first-order valence-electron chi connectivity index (χ1n) is 9.45. The number of halogens is 1. The quantitative estimate of drug-likeness (QED) is 0.517. The Morgan fingerprint density at radius 3 is 2.59 bits per heavy atom. The van der Waals surface area contributed by atoms with Crippen molar-refractivity contribution in [2.45, 2.75) is 38.1 Å². The summed E-state index contributed by atoms with van der Waals surface area (Å²) in [6, 6.07) is 12.6. The van der Waals surface area contributed by atoms with E-state index in [1.807, 2.05) is 0 Å². The van der Waals surface area contributed by atoms with Crippen molar-refractivity contribution < 1.29 is 9.53 Å². The average Bonchev–Trinajstić information content (AvgIpc) is 3.17. The van der Waals surface area contributed by atoms with Gasteiger partial charge in [0, 0.05) is 5.92 Å². The van der Waals surface area contributed by atoms with Crippen molar-refractivity contribution in [1.29, 1.82) is 0 Å². The molecule has 2 aromatic rings. The number of rotatable bonds is 3. The number of ether oxygens (including phenoxy) is 1. The summed E-state index contributed by atoms with van der Waals surface area (Å²) in [5, 5.41) is 4.28. The minimum Gasteiger partial charge on any atom is -0.465 e. The summed E-state index contributed by atoms with van der Waals surface area (Å²) in [4.78, 5) is 12.3. The van der Waals surface area contributed by atoms with Gasteiger partial charge in [0.1, 0.15) is 0 Å². The van der Waals surface area contributed by atoms with Gasteiger partial charge in [0.2, 0.25) is 0 Å². The van der Waals surface area contributed by atoms with E-state index < -0.39 is 0 Å². The maximum Gasteiger partial charge on any atom is 0.338 e. The molecule has 0 saturated heterocycles. The minimum absolute atomic E-state index is 0.156. The van der Waals surface area contributed by atoms with Gasteiger partial charge in [-0.3, -0.25) is 0 Å². The van der Waals surface area contributed by atoms with Gasteiger partial charge in [-0.2, -0.15) is 0 Å². The highest BCUT2D eigenvalue weighted by molar-refractivity contribution is 6.33. The molecule has 0 fully saturated rings. The maximum atomic E-state index is 12.3. The molecule has 0 aromatic heterocycles. The van der Waals surface area contributed by atoms with Gasteiger partial charge in [-0.1, -0.05) is 61.9 Å². The second kappa shape index (κ2) is 7.05. The van der Waals surface area contributed by atoms with Crippen LogP contribution in [0.3, 0.4) is 0 Å². The topological polar surface area (TPSA) is 38.3 Å². The van der Waals surface area contributed by atoms with E-state index in [1.54, 1.807) is 12.1 Å². The number of hydrogen-bond donors (Lipinski definition) is 1. The second-order valence-electron chi connectivity index (χ2n) is 7.67. The fourth-order valence-corrected chi connectivity index (χ4v) is 4.60. The van der Waals surface area contributed by atoms with Gasteiger partial charge < -0.3 is 10.1 Å². The number of carbonyl (C=O) groups excluding carboxylic acids is 1. The summed E-state index contributed by atoms with van der Waals surface area (Å²) in [5.74, 6) is 0.702. The molecule has 0 unspecified atom stereocenters. The number of nitrogens with one attached hydrogen (secondary N) is 1. The Morgan fingerprint density at radius 2 is 1.93 bits per heavy atom. The van der Waals surface area contributed by atoms with Crippen molar-refractivity contribution >= 4 is 23.3 Å². The normalized spacial score (nSPS) is 22.9. The molecule has 1 aliphatic heterocycles. The van der Waals surface area contributed by atoms with Crippen LogP contribution in [0.4, 0.5) is 5.69 Å². The third-order valence-electron chi connectivity index (χ3n) is 5.84. The second-order valence-corrected chi connectivity index (χ2v) is 8.08. The zero-order valence-electron chi connectivity index (χ0n) is 15.8. The molecule has 0 amide bonds. The monoisotopic (exact) mass is 381 g/mol. The molecular weight excluding hydrogens is 358 g/mol. The number of fused-ring (bicyclic) bond motifs is 3. The van der Waals surface area contributed by atoms with E-state index in [1.165, 1.54) is 18.2 Å². The molecule has 0 radical (unpaired) electrons. The Labute approximate surface area is 165 Å². The van der Waals surface area contributed by atoms with Gasteiger partial charge in [0.05, 0.1) is 29.4 Å². The highest BCUT2D eigenvalue weighted by Crippen LogP contribution is 2.52. The number of esters is 1. The molecule has 4 heteroatoms. The molecule has 140 valence electrons. The van der Waals surface area contributed by atoms with Crippen LogP contribution in [0.2, 0.25) is 5.02 Å². The van der Waals surface area contributed by atoms with Crippen LogP contribution in [-0.2, 0) is 4.74 Å². The van der Waals surface area contributed by atoms with Crippen LogP contribution >= 0.6 is 11.6 Å². The molecule has 0 saturated carbocycles. The van der Waals surface area contributed by atoms with Gasteiger partial charge in [-0.15, -0.1) is 0 Å². The van der Waals surface area contributed by atoms with Crippen LogP contribution in [0.5, 0.6) is 0 Å². The molecular formula is C23H24ClNO2. The Kier molecular flexibility index (Phi) is 4.73. The summed E-state index contributed by atoms with van der Waals surface area (Å²) >= 11 is 6.53. The molecule has 1 N–H and O–H groups in total. The van der Waals surface area contributed by atoms with Crippen molar-refractivity contribution in [2.24, 2.45) is 5.92 Å². The van der Waals surface area contributed by atoms with Gasteiger partial charge in [-0.05, 0) is 47.1 Å². The van der Waals surface area contributed by atoms with Crippen LogP contribution in [0, 0.1) is 5.92 Å². The van der Waals surface area contributed by atoms with Crippen molar-refractivity contribution in [2.75, 3.05) is 12.4 Å². The third-order valence-corrected chi connectivity index (χ3v) is 6.15. The molecule has 27 heavy (non-hydrogen) atoms. The number of allylic oxidation sites excluding steroid dienone is 2. The molecule has 0 bridgehead atoms. The highest BCUT2D eigenvalue weighted by Gasteiger charge is 2.41. The van der Waals surface area contributed by atoms with Crippen molar-refractivity contribution in [3.8, 4) is 0 Å². The largest absolute Gasteiger partial charge is 0.465 e. The summed E-state index contributed by atoms with van der Waals surface area (Å²) in [5.41, 5.74) is 5.00. The Hall–Kier alpha value is -2.26. The van der Waals surface area contributed by atoms with Crippen molar-refractivity contribution in [1.82, 2.24) is 0 Å². The van der Waals surface area contributed by atoms with Crippen LogP contribution in [0.15, 0.2) is 48.6 Å². The molecule has 0 spiro atoms. The lowest BCUT2D eigenvalue weighted by Gasteiger charge is -2.38. The molecule has 2 aliphatic rings. The highest BCUT2D eigenvalue weighted by atomic mass is 35.5. The van der Waals surface area contributed by atoms with Crippen LogP contribution in [0.25, 0.3) is 0 Å². The van der Waals surface area contributed by atoms with E-state index >= 15 is 0 Å². The van der Waals surface area contributed by atoms with Gasteiger partial charge in [0.15, 0.2) is 0 Å². The van der Waals surface area contributed by atoms with Gasteiger partial charge in [-0.25, -0.2) is 4.79 Å². The fourth-order valence-electron chi connectivity index (χ4n) is 4.38. The SMILES string of the molecule is COC(=O)c1ccc(Cl)c2c1[C@@H]1C=CC[C@@H]1[C@H](c1ccc(C(C)C)cc1)N2. The Balaban J connectivity index is 1.79. The van der Waals surface area contributed by atoms with Crippen LogP contribution in [0.1, 0.15) is 65.2 Å². The summed E-state index contributed by atoms with van der Waals surface area (Å²) in [6.45, 7) is 4.41. The summed E-state index contributed by atoms with van der Waals surface area (Å²) < 4.78 is 5.00. The number of benzene rings is 2. The van der Waals surface area contributed by atoms with Crippen molar-refractivity contribution in [3.63, 3.8) is 0 Å². The van der Waals surface area contributed by atoms with E-state index in [2.05, 4.69) is 55.6 Å². The smallest absolute Gasteiger partial charge is 0.338 e. The lowest BCUT2D eigenvalue weighted by atomic mass is 9.75. The fraction of sp³-hybridized carbons (Fsp3) is 0.348. The first-order chi connectivity index (χ1) is 13.0. The third kappa shape index (κ3) is 3.04. The molecule has 1 aliphatic carbocycles. The van der Waals surface area contributed by atoms with E-state index in [0.29, 0.717) is 22.4 Å². The van der Waals surface area contributed by atoms with Crippen LogP contribution in [-0.4, -0.2) is 13.1 Å². The first kappa shape index (κ1) is 18.1. The molecule has 3 nitrogen and oxygen atoms in total. The predicted octanol–water partition coefficient (Wildman–Crippen LogP) is 6.08. The molecule has 4 rings (SSSR count). The first-order valence-corrected chi connectivity index (χ1v) is 9.82. The van der Waals surface area contributed by atoms with Crippen LogP contribution < -0.4 is 5.32 Å². The lowest BCUT2D eigenvalue weighted by molar-refractivity contribution is 0.0598. The van der Waals surface area contributed by atoms with Crippen molar-refractivity contribution in [3.05, 3.63) is 75.8 Å². The zero-order chi connectivity index (χ0) is 19.1. The number of carbonyl (C=O) groups is 1. The maximum absolute atomic E-state index is 12.3. The number of hydrogen-bond acceptors (Lipinski definition) is 3. The van der Waals surface area contributed by atoms with E-state index in [4.69, 9.17) is 16.3 Å². The van der Waals surface area contributed by atoms with E-state index in [0.717, 1.165) is 17.7 Å². The van der Waals surface area contributed by atoms with E-state index in [-0.39, 0.29) is 17.9 Å². The predicted molar refractivity (Wildman–Crippen MR) is 110 cm³/mol. The van der Waals surface area contributed by atoms with Gasteiger partial charge >= 0.3 is 5.97 Å². The zero-order valence-corrected chi connectivity index (χ0v) is 16.6. The average molecular weight is 382 g/mol. The number of anilines is 1. The molecule has 3 atom stereocenters. The summed E-state index contributed by atoms with van der Waals surface area (Å²) in [7, 11) is 1.42. The minimum atomic E-state index is -0.316.